The summed E-state index contributed by atoms with van der Waals surface area (Å²) in [7, 11) is 1.56. The van der Waals surface area contributed by atoms with Crippen molar-refractivity contribution in [3.8, 4) is 0 Å². The molecule has 0 saturated heterocycles. The number of benzene rings is 1. The number of methoxy groups -OCH3 is 1. The van der Waals surface area contributed by atoms with E-state index in [1.807, 2.05) is 18.2 Å². The Bertz CT molecular complexity index is 855. The second kappa shape index (κ2) is 5.63. The lowest BCUT2D eigenvalue weighted by Gasteiger charge is -2.12. The average Bonchev–Trinajstić information content (AvgIpc) is 2.52. The van der Waals surface area contributed by atoms with Gasteiger partial charge in [0.05, 0.1) is 16.4 Å². The molecule has 1 aromatic carbocycles. The Hall–Kier alpha value is -2.24. The third-order valence-corrected chi connectivity index (χ3v) is 3.55. The Labute approximate surface area is 121 Å². The Balaban J connectivity index is 2.44. The van der Waals surface area contributed by atoms with Gasteiger partial charge < -0.3 is 9.84 Å². The number of hydrogen-bond donors (Lipinski definition) is 1. The van der Waals surface area contributed by atoms with Gasteiger partial charge in [-0.3, -0.25) is 14.3 Å². The molecule has 0 atom stereocenters. The molecular formula is C16H16N2O3. The summed E-state index contributed by atoms with van der Waals surface area (Å²) >= 11 is 0. The number of fused-ring (bicyclic) bond motifs is 3. The third kappa shape index (κ3) is 2.30. The van der Waals surface area contributed by atoms with E-state index in [2.05, 4.69) is 4.98 Å². The van der Waals surface area contributed by atoms with E-state index in [4.69, 9.17) is 9.84 Å². The van der Waals surface area contributed by atoms with Crippen LogP contribution in [-0.4, -0.2) is 28.4 Å². The smallest absolute Gasteiger partial charge is 0.262 e. The van der Waals surface area contributed by atoms with Crippen LogP contribution in [0.2, 0.25) is 0 Å². The topological polar surface area (TPSA) is 64.4 Å². The van der Waals surface area contributed by atoms with Crippen LogP contribution in [0.1, 0.15) is 5.56 Å². The molecule has 5 heteroatoms. The number of ether oxygens (including phenoxy) is 1. The van der Waals surface area contributed by atoms with Crippen molar-refractivity contribution in [3.05, 3.63) is 52.4 Å². The predicted octanol–water partition coefficient (Wildman–Crippen LogP) is 1.69. The lowest BCUT2D eigenvalue weighted by atomic mass is 10.1. The quantitative estimate of drug-likeness (QED) is 0.740. The maximum Gasteiger partial charge on any atom is 0.262 e. The van der Waals surface area contributed by atoms with Crippen LogP contribution < -0.4 is 5.56 Å². The van der Waals surface area contributed by atoms with Crippen LogP contribution in [0.4, 0.5) is 0 Å². The van der Waals surface area contributed by atoms with Gasteiger partial charge >= 0.3 is 0 Å². The largest absolute Gasteiger partial charge is 0.396 e. The van der Waals surface area contributed by atoms with Crippen molar-refractivity contribution in [2.24, 2.45) is 0 Å². The fraction of sp³-hybridized carbons (Fsp3) is 0.250. The molecule has 2 heterocycles. The van der Waals surface area contributed by atoms with Gasteiger partial charge in [-0.25, -0.2) is 0 Å². The summed E-state index contributed by atoms with van der Waals surface area (Å²) in [5.74, 6) is 0. The zero-order valence-electron chi connectivity index (χ0n) is 11.7. The average molecular weight is 284 g/mol. The molecule has 0 saturated carbocycles. The minimum Gasteiger partial charge on any atom is -0.396 e. The van der Waals surface area contributed by atoms with Crippen LogP contribution >= 0.6 is 0 Å². The van der Waals surface area contributed by atoms with Gasteiger partial charge in [-0.15, -0.1) is 0 Å². The Morgan fingerprint density at radius 3 is 2.90 bits per heavy atom. The fourth-order valence-electron chi connectivity index (χ4n) is 2.60. The summed E-state index contributed by atoms with van der Waals surface area (Å²) in [6.45, 7) is 0.286. The fourth-order valence-corrected chi connectivity index (χ4v) is 2.60. The number of pyridine rings is 2. The van der Waals surface area contributed by atoms with Gasteiger partial charge in [-0.2, -0.15) is 0 Å². The zero-order chi connectivity index (χ0) is 14.8. The van der Waals surface area contributed by atoms with Crippen LogP contribution in [0, 0.1) is 0 Å². The van der Waals surface area contributed by atoms with E-state index >= 15 is 0 Å². The highest BCUT2D eigenvalue weighted by atomic mass is 16.5. The Kier molecular flexibility index (Phi) is 3.68. The molecule has 0 aliphatic rings. The second-order valence-electron chi connectivity index (χ2n) is 4.88. The van der Waals surface area contributed by atoms with Crippen molar-refractivity contribution in [1.82, 2.24) is 9.55 Å². The monoisotopic (exact) mass is 284 g/mol. The van der Waals surface area contributed by atoms with Crippen molar-refractivity contribution >= 4 is 21.8 Å². The zero-order valence-corrected chi connectivity index (χ0v) is 11.7. The summed E-state index contributed by atoms with van der Waals surface area (Å²) in [6, 6.07) is 9.31. The second-order valence-corrected chi connectivity index (χ2v) is 4.88. The van der Waals surface area contributed by atoms with Gasteiger partial charge in [0.25, 0.3) is 5.56 Å². The molecule has 0 unspecified atom stereocenters. The minimum atomic E-state index is -0.109. The summed E-state index contributed by atoms with van der Waals surface area (Å²) in [4.78, 5) is 16.9. The van der Waals surface area contributed by atoms with Crippen molar-refractivity contribution < 1.29 is 9.84 Å². The number of rotatable bonds is 4. The molecule has 2 aromatic heterocycles. The maximum atomic E-state index is 12.5. The van der Waals surface area contributed by atoms with Crippen molar-refractivity contribution in [3.63, 3.8) is 0 Å². The first-order valence-corrected chi connectivity index (χ1v) is 6.76. The number of aromatic nitrogens is 2. The minimum absolute atomic E-state index is 0.0918. The molecule has 108 valence electrons. The number of aliphatic hydroxyl groups excluding tert-OH is 1. The Morgan fingerprint density at radius 2 is 2.14 bits per heavy atom. The van der Waals surface area contributed by atoms with E-state index in [0.29, 0.717) is 17.3 Å². The van der Waals surface area contributed by atoms with E-state index in [9.17, 15) is 4.79 Å². The first-order valence-electron chi connectivity index (χ1n) is 6.76. The molecule has 0 aliphatic carbocycles. The molecule has 0 spiro atoms. The highest BCUT2D eigenvalue weighted by Crippen LogP contribution is 2.22. The molecule has 0 bridgehead atoms. The maximum absolute atomic E-state index is 12.5. The number of nitrogens with zero attached hydrogens (tertiary/aromatic N) is 2. The van der Waals surface area contributed by atoms with Crippen LogP contribution in [0.3, 0.4) is 0 Å². The van der Waals surface area contributed by atoms with E-state index in [1.54, 1.807) is 30.0 Å². The summed E-state index contributed by atoms with van der Waals surface area (Å²) in [5.41, 5.74) is 2.38. The molecule has 0 radical (unpaired) electrons. The first-order chi connectivity index (χ1) is 10.3. The molecule has 21 heavy (non-hydrogen) atoms. The molecule has 0 fully saturated rings. The van der Waals surface area contributed by atoms with Gasteiger partial charge in [-0.05, 0) is 36.2 Å². The van der Waals surface area contributed by atoms with Gasteiger partial charge in [0.1, 0.15) is 6.73 Å². The Morgan fingerprint density at radius 1 is 1.29 bits per heavy atom. The van der Waals surface area contributed by atoms with Crippen LogP contribution in [0.15, 0.2) is 41.3 Å². The molecule has 3 aromatic rings. The van der Waals surface area contributed by atoms with Crippen molar-refractivity contribution in [1.29, 1.82) is 0 Å². The lowest BCUT2D eigenvalue weighted by molar-refractivity contribution is 0.132. The highest BCUT2D eigenvalue weighted by Gasteiger charge is 2.11. The summed E-state index contributed by atoms with van der Waals surface area (Å²) in [5, 5.41) is 10.6. The van der Waals surface area contributed by atoms with E-state index in [0.717, 1.165) is 16.5 Å². The third-order valence-electron chi connectivity index (χ3n) is 3.55. The first kappa shape index (κ1) is 13.7. The summed E-state index contributed by atoms with van der Waals surface area (Å²) in [6.07, 6.45) is 2.26. The van der Waals surface area contributed by atoms with Crippen LogP contribution in [0.5, 0.6) is 0 Å². The molecule has 3 rings (SSSR count). The molecule has 0 amide bonds. The predicted molar refractivity (Wildman–Crippen MR) is 81.3 cm³/mol. The lowest BCUT2D eigenvalue weighted by Crippen LogP contribution is -2.22. The van der Waals surface area contributed by atoms with Crippen LogP contribution in [0.25, 0.3) is 21.8 Å². The van der Waals surface area contributed by atoms with E-state index in [1.165, 1.54) is 0 Å². The van der Waals surface area contributed by atoms with Crippen molar-refractivity contribution in [2.45, 2.75) is 13.2 Å². The van der Waals surface area contributed by atoms with Crippen LogP contribution in [-0.2, 0) is 17.9 Å². The SMILES string of the molecule is COCn1c(=O)c2cccnc2c2cc(CCO)ccc21. The highest BCUT2D eigenvalue weighted by molar-refractivity contribution is 6.03. The molecule has 1 N–H and O–H groups in total. The number of aliphatic hydroxyl groups is 1. The van der Waals surface area contributed by atoms with Crippen molar-refractivity contribution in [2.75, 3.05) is 13.7 Å². The molecule has 0 aliphatic heterocycles. The van der Waals surface area contributed by atoms with E-state index < -0.39 is 0 Å². The van der Waals surface area contributed by atoms with Gasteiger partial charge in [0.2, 0.25) is 0 Å². The van der Waals surface area contributed by atoms with Gasteiger partial charge in [-0.1, -0.05) is 6.07 Å². The molecule has 5 nitrogen and oxygen atoms in total. The van der Waals surface area contributed by atoms with Gasteiger partial charge in [0.15, 0.2) is 0 Å². The normalized spacial score (nSPS) is 11.3. The molecular weight excluding hydrogens is 268 g/mol. The van der Waals surface area contributed by atoms with E-state index in [-0.39, 0.29) is 18.9 Å². The van der Waals surface area contributed by atoms with Gasteiger partial charge in [0, 0.05) is 25.3 Å². The standard InChI is InChI=1S/C16H16N2O3/c1-21-10-18-14-5-4-11(6-8-19)9-13(14)15-12(16(18)20)3-2-7-17-15/h2-5,7,9,19H,6,8,10H2,1H3. The number of hydrogen-bond acceptors (Lipinski definition) is 4. The summed E-state index contributed by atoms with van der Waals surface area (Å²) < 4.78 is 6.75.